The molecule has 0 aliphatic rings. The summed E-state index contributed by atoms with van der Waals surface area (Å²) < 4.78 is 0. The maximum atomic E-state index is 10.5. The van der Waals surface area contributed by atoms with Crippen LogP contribution in [0, 0.1) is 0 Å². The maximum absolute atomic E-state index is 10.5. The van der Waals surface area contributed by atoms with E-state index in [1.165, 1.54) is 0 Å². The number of carboxylic acids is 1. The molecule has 0 spiro atoms. The van der Waals surface area contributed by atoms with Crippen molar-refractivity contribution < 1.29 is 9.90 Å². The van der Waals surface area contributed by atoms with Gasteiger partial charge in [-0.05, 0) is 11.6 Å². The van der Waals surface area contributed by atoms with Crippen LogP contribution in [0.25, 0.3) is 0 Å². The number of carbonyl (C=O) groups is 1. The number of rotatable bonds is 2. The zero-order valence-electron chi connectivity index (χ0n) is 6.95. The second kappa shape index (κ2) is 5.32. The van der Waals surface area contributed by atoms with Gasteiger partial charge in [-0.25, -0.2) is 4.79 Å². The number of carboxylic acid groups (broad SMARTS) is 1. The van der Waals surface area contributed by atoms with Crippen molar-refractivity contribution in [3.8, 4) is 0 Å². The van der Waals surface area contributed by atoms with E-state index in [1.54, 1.807) is 24.3 Å². The van der Waals surface area contributed by atoms with Gasteiger partial charge in [0.1, 0.15) is 0 Å². The Balaban J connectivity index is 0.00000121. The average Bonchev–Trinajstić information content (AvgIpc) is 2.04. The minimum Gasteiger partial charge on any atom is -0.478 e. The Morgan fingerprint density at radius 3 is 2.42 bits per heavy atom. The molecule has 0 aromatic heterocycles. The van der Waals surface area contributed by atoms with Crippen molar-refractivity contribution in [2.75, 3.05) is 0 Å². The first-order chi connectivity index (χ1) is 5.25. The normalized spacial score (nSPS) is 8.75. The fourth-order valence-corrected chi connectivity index (χ4v) is 0.907. The Morgan fingerprint density at radius 1 is 1.42 bits per heavy atom. The molecule has 12 heavy (non-hydrogen) atoms. The number of benzene rings is 1. The minimum absolute atomic E-state index is 0. The molecule has 0 bridgehead atoms. The van der Waals surface area contributed by atoms with E-state index in [0.717, 1.165) is 0 Å². The van der Waals surface area contributed by atoms with E-state index < -0.39 is 5.97 Å². The Bertz CT molecular complexity index is 276. The predicted octanol–water partition coefficient (Wildman–Crippen LogP) is 0.463. The molecule has 0 atom stereocenters. The fourth-order valence-electron chi connectivity index (χ4n) is 0.907. The summed E-state index contributed by atoms with van der Waals surface area (Å²) in [5.41, 5.74) is 6.28. The number of aromatic carboxylic acids is 1. The third kappa shape index (κ3) is 2.60. The van der Waals surface area contributed by atoms with Crippen molar-refractivity contribution in [2.24, 2.45) is 5.73 Å². The van der Waals surface area contributed by atoms with E-state index >= 15 is 0 Å². The SMILES string of the molecule is NCc1ccccc1C(=O)O.[Na]. The van der Waals surface area contributed by atoms with Crippen LogP contribution in [0.1, 0.15) is 15.9 Å². The molecule has 1 radical (unpaired) electrons. The quantitative estimate of drug-likeness (QED) is 0.640. The first-order valence-corrected chi connectivity index (χ1v) is 3.27. The molecule has 1 aromatic rings. The van der Waals surface area contributed by atoms with E-state index in [-0.39, 0.29) is 41.7 Å². The third-order valence-electron chi connectivity index (χ3n) is 1.47. The van der Waals surface area contributed by atoms with Crippen molar-refractivity contribution in [1.82, 2.24) is 0 Å². The number of nitrogens with two attached hydrogens (primary N) is 1. The van der Waals surface area contributed by atoms with E-state index in [4.69, 9.17) is 10.8 Å². The Kier molecular flexibility index (Phi) is 5.17. The van der Waals surface area contributed by atoms with Gasteiger partial charge in [0.25, 0.3) is 0 Å². The molecule has 3 N–H and O–H groups in total. The molecule has 0 saturated carbocycles. The molecule has 0 amide bonds. The average molecular weight is 174 g/mol. The summed E-state index contributed by atoms with van der Waals surface area (Å²) >= 11 is 0. The van der Waals surface area contributed by atoms with Gasteiger partial charge in [-0.1, -0.05) is 18.2 Å². The number of hydrogen-bond donors (Lipinski definition) is 2. The predicted molar refractivity (Wildman–Crippen MR) is 47.0 cm³/mol. The van der Waals surface area contributed by atoms with Gasteiger partial charge in [-0.15, -0.1) is 0 Å². The monoisotopic (exact) mass is 174 g/mol. The summed E-state index contributed by atoms with van der Waals surface area (Å²) in [6.07, 6.45) is 0. The van der Waals surface area contributed by atoms with E-state index in [2.05, 4.69) is 0 Å². The molecular weight excluding hydrogens is 165 g/mol. The summed E-state index contributed by atoms with van der Waals surface area (Å²) in [4.78, 5) is 10.5. The molecule has 0 saturated heterocycles. The van der Waals surface area contributed by atoms with Crippen LogP contribution in [0.15, 0.2) is 24.3 Å². The third-order valence-corrected chi connectivity index (χ3v) is 1.47. The molecule has 0 fully saturated rings. The van der Waals surface area contributed by atoms with E-state index in [1.807, 2.05) is 0 Å². The topological polar surface area (TPSA) is 63.3 Å². The van der Waals surface area contributed by atoms with Crippen molar-refractivity contribution in [2.45, 2.75) is 6.54 Å². The smallest absolute Gasteiger partial charge is 0.336 e. The molecule has 0 unspecified atom stereocenters. The summed E-state index contributed by atoms with van der Waals surface area (Å²) in [7, 11) is 0. The van der Waals surface area contributed by atoms with Gasteiger partial charge in [-0.3, -0.25) is 0 Å². The van der Waals surface area contributed by atoms with Crippen LogP contribution >= 0.6 is 0 Å². The standard InChI is InChI=1S/C8H9NO2.Na/c9-5-6-3-1-2-4-7(6)8(10)11;/h1-4H,5,9H2,(H,10,11);. The van der Waals surface area contributed by atoms with Crippen LogP contribution in [0.5, 0.6) is 0 Å². The first kappa shape index (κ1) is 11.6. The van der Waals surface area contributed by atoms with Crippen molar-refractivity contribution >= 4 is 35.5 Å². The largest absolute Gasteiger partial charge is 0.478 e. The summed E-state index contributed by atoms with van der Waals surface area (Å²) in [5.74, 6) is -0.925. The Morgan fingerprint density at radius 2 is 2.00 bits per heavy atom. The second-order valence-electron chi connectivity index (χ2n) is 2.17. The first-order valence-electron chi connectivity index (χ1n) is 3.27. The van der Waals surface area contributed by atoms with Gasteiger partial charge >= 0.3 is 5.97 Å². The van der Waals surface area contributed by atoms with Crippen LogP contribution in [-0.2, 0) is 6.54 Å². The van der Waals surface area contributed by atoms with Crippen molar-refractivity contribution in [1.29, 1.82) is 0 Å². The molecule has 1 rings (SSSR count). The fraction of sp³-hybridized carbons (Fsp3) is 0.125. The molecule has 4 heteroatoms. The van der Waals surface area contributed by atoms with Crippen molar-refractivity contribution in [3.05, 3.63) is 35.4 Å². The van der Waals surface area contributed by atoms with Gasteiger partial charge < -0.3 is 10.8 Å². The zero-order valence-corrected chi connectivity index (χ0v) is 8.95. The molecule has 0 aliphatic heterocycles. The second-order valence-corrected chi connectivity index (χ2v) is 2.17. The maximum Gasteiger partial charge on any atom is 0.336 e. The molecule has 3 nitrogen and oxygen atoms in total. The number of hydrogen-bond acceptors (Lipinski definition) is 2. The van der Waals surface area contributed by atoms with Crippen LogP contribution in [0.3, 0.4) is 0 Å². The van der Waals surface area contributed by atoms with Crippen LogP contribution < -0.4 is 5.73 Å². The van der Waals surface area contributed by atoms with Crippen LogP contribution in [0.2, 0.25) is 0 Å². The van der Waals surface area contributed by atoms with Crippen LogP contribution in [-0.4, -0.2) is 40.6 Å². The summed E-state index contributed by atoms with van der Waals surface area (Å²) in [6, 6.07) is 6.71. The van der Waals surface area contributed by atoms with Gasteiger partial charge in [0.2, 0.25) is 0 Å². The summed E-state index contributed by atoms with van der Waals surface area (Å²) in [6.45, 7) is 0.266. The molecular formula is C8H9NNaO2. The van der Waals surface area contributed by atoms with E-state index in [0.29, 0.717) is 5.56 Å². The van der Waals surface area contributed by atoms with Crippen molar-refractivity contribution in [3.63, 3.8) is 0 Å². The molecule has 1 aromatic carbocycles. The zero-order chi connectivity index (χ0) is 8.27. The Labute approximate surface area is 92.9 Å². The van der Waals surface area contributed by atoms with E-state index in [9.17, 15) is 4.79 Å². The molecule has 0 heterocycles. The van der Waals surface area contributed by atoms with Crippen LogP contribution in [0.4, 0.5) is 0 Å². The summed E-state index contributed by atoms with van der Waals surface area (Å²) in [5, 5.41) is 8.64. The van der Waals surface area contributed by atoms with Gasteiger partial charge in [-0.2, -0.15) is 0 Å². The molecule has 59 valence electrons. The Hall–Kier alpha value is -0.350. The minimum atomic E-state index is -0.925. The van der Waals surface area contributed by atoms with Gasteiger partial charge in [0, 0.05) is 36.1 Å². The van der Waals surface area contributed by atoms with Gasteiger partial charge in [0.15, 0.2) is 0 Å². The molecule has 0 aliphatic carbocycles. The van der Waals surface area contributed by atoms with Gasteiger partial charge in [0.05, 0.1) is 5.56 Å².